The van der Waals surface area contributed by atoms with Crippen molar-refractivity contribution in [2.45, 2.75) is 26.4 Å². The van der Waals surface area contributed by atoms with Crippen molar-refractivity contribution in [2.75, 3.05) is 32.2 Å². The molecule has 0 radical (unpaired) electrons. The zero-order chi connectivity index (χ0) is 29.6. The van der Waals surface area contributed by atoms with Crippen molar-refractivity contribution >= 4 is 28.4 Å². The van der Waals surface area contributed by atoms with Crippen LogP contribution in [0.25, 0.3) is 22.3 Å². The van der Waals surface area contributed by atoms with Gasteiger partial charge in [-0.15, -0.1) is 0 Å². The van der Waals surface area contributed by atoms with E-state index in [0.29, 0.717) is 36.3 Å². The largest absolute Gasteiger partial charge is 0.497 e. The lowest BCUT2D eigenvalue weighted by atomic mass is 10.1. The normalized spacial score (nSPS) is 11.2. The summed E-state index contributed by atoms with van der Waals surface area (Å²) in [6, 6.07) is 19.1. The number of nitrogens with zero attached hydrogens (tertiary/aromatic N) is 5. The average Bonchev–Trinajstić information content (AvgIpc) is 3.46. The van der Waals surface area contributed by atoms with Gasteiger partial charge in [-0.05, 0) is 35.9 Å². The Balaban J connectivity index is 1.45. The molecule has 2 heterocycles. The maximum Gasteiger partial charge on any atom is 0.335 e. The Morgan fingerprint density at radius 3 is 2.48 bits per heavy atom. The predicted octanol–water partition coefficient (Wildman–Crippen LogP) is 5.39. The molecule has 0 atom stereocenters. The standard InChI is InChI=1S/C32H34N6O4/c1-21(2)33-10-11-38(26-13-27(41-3)16-28(14-26)42-4)25-8-9-29-30(15-25)36-31(18-34-29)24-17-35-37(20-24)19-22-6-5-7-23(12-22)32(39)40/h5-9,12-18,20-21,33H,10-11,19H2,1-4H3,(H,39,40). The third-order valence-corrected chi connectivity index (χ3v) is 6.82. The number of aromatic nitrogens is 4. The fraction of sp³-hybridized carbons (Fsp3) is 0.250. The first-order valence-corrected chi connectivity index (χ1v) is 13.7. The summed E-state index contributed by atoms with van der Waals surface area (Å²) in [6.45, 7) is 6.18. The molecule has 0 aliphatic carbocycles. The smallest absolute Gasteiger partial charge is 0.335 e. The molecule has 2 aromatic heterocycles. The average molecular weight is 567 g/mol. The second kappa shape index (κ2) is 12.7. The molecule has 0 aliphatic heterocycles. The summed E-state index contributed by atoms with van der Waals surface area (Å²) < 4.78 is 12.8. The number of benzene rings is 3. The van der Waals surface area contributed by atoms with E-state index in [1.807, 2.05) is 48.7 Å². The summed E-state index contributed by atoms with van der Waals surface area (Å²) in [5.74, 6) is 0.463. The molecule has 5 rings (SSSR count). The van der Waals surface area contributed by atoms with E-state index >= 15 is 0 Å². The van der Waals surface area contributed by atoms with Crippen LogP contribution in [0.3, 0.4) is 0 Å². The molecule has 0 saturated carbocycles. The van der Waals surface area contributed by atoms with Crippen LogP contribution in [0.1, 0.15) is 29.8 Å². The molecule has 0 amide bonds. The Bertz CT molecular complexity index is 1680. The fourth-order valence-electron chi connectivity index (χ4n) is 4.70. The van der Waals surface area contributed by atoms with Gasteiger partial charge in [0.25, 0.3) is 0 Å². The van der Waals surface area contributed by atoms with Crippen LogP contribution < -0.4 is 19.7 Å². The minimum absolute atomic E-state index is 0.248. The van der Waals surface area contributed by atoms with E-state index < -0.39 is 5.97 Å². The van der Waals surface area contributed by atoms with Gasteiger partial charge >= 0.3 is 5.97 Å². The minimum Gasteiger partial charge on any atom is -0.497 e. The van der Waals surface area contributed by atoms with Crippen LogP contribution in [0.4, 0.5) is 11.4 Å². The van der Waals surface area contributed by atoms with E-state index in [4.69, 9.17) is 14.5 Å². The predicted molar refractivity (Wildman–Crippen MR) is 163 cm³/mol. The summed E-state index contributed by atoms with van der Waals surface area (Å²) in [5.41, 5.74) is 6.04. The molecule has 5 aromatic rings. The number of ether oxygens (including phenoxy) is 2. The molecular weight excluding hydrogens is 532 g/mol. The summed E-state index contributed by atoms with van der Waals surface area (Å²) in [6.07, 6.45) is 5.37. The quantitative estimate of drug-likeness (QED) is 0.205. The van der Waals surface area contributed by atoms with Gasteiger partial charge in [0, 0.05) is 60.5 Å². The molecule has 0 fully saturated rings. The second-order valence-corrected chi connectivity index (χ2v) is 10.2. The van der Waals surface area contributed by atoms with Crippen LogP contribution >= 0.6 is 0 Å². The lowest BCUT2D eigenvalue weighted by Crippen LogP contribution is -2.32. The Hall–Kier alpha value is -4.96. The highest BCUT2D eigenvalue weighted by atomic mass is 16.5. The number of aromatic carboxylic acids is 1. The SMILES string of the molecule is COc1cc(OC)cc(N(CCNC(C)C)c2ccc3ncc(-c4cnn(Cc5cccc(C(=O)O)c5)c4)nc3c2)c1. The molecule has 0 unspecified atom stereocenters. The lowest BCUT2D eigenvalue weighted by molar-refractivity contribution is 0.0696. The zero-order valence-electron chi connectivity index (χ0n) is 24.1. The molecule has 3 aromatic carbocycles. The van der Waals surface area contributed by atoms with Crippen molar-refractivity contribution in [3.05, 3.63) is 90.4 Å². The zero-order valence-corrected chi connectivity index (χ0v) is 24.1. The molecule has 10 nitrogen and oxygen atoms in total. The van der Waals surface area contributed by atoms with E-state index in [1.54, 1.807) is 49.5 Å². The van der Waals surface area contributed by atoms with Crippen LogP contribution in [0.5, 0.6) is 11.5 Å². The van der Waals surface area contributed by atoms with E-state index in [2.05, 4.69) is 34.1 Å². The maximum atomic E-state index is 11.3. The van der Waals surface area contributed by atoms with Gasteiger partial charge in [0.2, 0.25) is 0 Å². The van der Waals surface area contributed by atoms with Gasteiger partial charge in [-0.2, -0.15) is 5.10 Å². The number of methoxy groups -OCH3 is 2. The molecule has 2 N–H and O–H groups in total. The Labute approximate surface area is 244 Å². The van der Waals surface area contributed by atoms with E-state index in [9.17, 15) is 9.90 Å². The van der Waals surface area contributed by atoms with Crippen molar-refractivity contribution in [3.63, 3.8) is 0 Å². The van der Waals surface area contributed by atoms with Crippen molar-refractivity contribution < 1.29 is 19.4 Å². The molecule has 42 heavy (non-hydrogen) atoms. The van der Waals surface area contributed by atoms with Gasteiger partial charge in [-0.1, -0.05) is 26.0 Å². The van der Waals surface area contributed by atoms with Crippen LogP contribution in [-0.4, -0.2) is 64.2 Å². The van der Waals surface area contributed by atoms with Crippen LogP contribution in [0, 0.1) is 0 Å². The molecule has 0 spiro atoms. The van der Waals surface area contributed by atoms with Crippen molar-refractivity contribution in [3.8, 4) is 22.8 Å². The molecule has 0 aliphatic rings. The van der Waals surface area contributed by atoms with Crippen molar-refractivity contribution in [1.29, 1.82) is 0 Å². The van der Waals surface area contributed by atoms with Gasteiger partial charge in [0.05, 0.1) is 55.4 Å². The number of fused-ring (bicyclic) bond motifs is 1. The molecule has 216 valence electrons. The Kier molecular flexibility index (Phi) is 8.63. The second-order valence-electron chi connectivity index (χ2n) is 10.2. The Morgan fingerprint density at radius 2 is 1.76 bits per heavy atom. The van der Waals surface area contributed by atoms with E-state index in [1.165, 1.54) is 0 Å². The number of carbonyl (C=O) groups is 1. The molecular formula is C32H34N6O4. The number of rotatable bonds is 12. The van der Waals surface area contributed by atoms with Crippen LogP contribution in [0.2, 0.25) is 0 Å². The lowest BCUT2D eigenvalue weighted by Gasteiger charge is -2.27. The number of carboxylic acid groups (broad SMARTS) is 1. The van der Waals surface area contributed by atoms with Crippen molar-refractivity contribution in [1.82, 2.24) is 25.1 Å². The Morgan fingerprint density at radius 1 is 0.976 bits per heavy atom. The fourth-order valence-corrected chi connectivity index (χ4v) is 4.70. The summed E-state index contributed by atoms with van der Waals surface area (Å²) in [5, 5.41) is 17.3. The number of nitrogens with one attached hydrogen (secondary N) is 1. The van der Waals surface area contributed by atoms with Gasteiger partial charge < -0.3 is 24.8 Å². The summed E-state index contributed by atoms with van der Waals surface area (Å²) in [4.78, 5) is 23.1. The first-order valence-electron chi connectivity index (χ1n) is 13.7. The topological polar surface area (TPSA) is 115 Å². The number of carboxylic acids is 1. The molecule has 10 heteroatoms. The van der Waals surface area contributed by atoms with Gasteiger partial charge in [-0.25, -0.2) is 9.78 Å². The third-order valence-electron chi connectivity index (χ3n) is 6.82. The summed E-state index contributed by atoms with van der Waals surface area (Å²) in [7, 11) is 3.29. The summed E-state index contributed by atoms with van der Waals surface area (Å²) >= 11 is 0. The first kappa shape index (κ1) is 28.6. The van der Waals surface area contributed by atoms with Gasteiger partial charge in [0.1, 0.15) is 11.5 Å². The highest BCUT2D eigenvalue weighted by Gasteiger charge is 2.15. The first-order chi connectivity index (χ1) is 20.3. The van der Waals surface area contributed by atoms with E-state index in [-0.39, 0.29) is 5.56 Å². The highest BCUT2D eigenvalue weighted by Crippen LogP contribution is 2.34. The number of hydrogen-bond acceptors (Lipinski definition) is 8. The molecule has 0 bridgehead atoms. The van der Waals surface area contributed by atoms with Gasteiger partial charge in [-0.3, -0.25) is 9.67 Å². The number of hydrogen-bond donors (Lipinski definition) is 2. The monoisotopic (exact) mass is 566 g/mol. The third kappa shape index (κ3) is 6.67. The van der Waals surface area contributed by atoms with Crippen molar-refractivity contribution in [2.24, 2.45) is 0 Å². The maximum absolute atomic E-state index is 11.3. The van der Waals surface area contributed by atoms with Crippen LogP contribution in [-0.2, 0) is 6.54 Å². The number of anilines is 2. The van der Waals surface area contributed by atoms with E-state index in [0.717, 1.165) is 40.1 Å². The molecule has 0 saturated heterocycles. The van der Waals surface area contributed by atoms with Gasteiger partial charge in [0.15, 0.2) is 0 Å². The van der Waals surface area contributed by atoms with Crippen LogP contribution in [0.15, 0.2) is 79.3 Å². The highest BCUT2D eigenvalue weighted by molar-refractivity contribution is 5.87. The minimum atomic E-state index is -0.955.